The van der Waals surface area contributed by atoms with Crippen LogP contribution in [-0.2, 0) is 38.7 Å². The van der Waals surface area contributed by atoms with Gasteiger partial charge in [0.1, 0.15) is 17.0 Å². The van der Waals surface area contributed by atoms with E-state index in [0.29, 0.717) is 0 Å². The first kappa shape index (κ1) is 16.0. The van der Waals surface area contributed by atoms with E-state index < -0.39 is 60.6 Å². The van der Waals surface area contributed by atoms with E-state index in [2.05, 4.69) is 4.74 Å². The highest BCUT2D eigenvalue weighted by Crippen LogP contribution is 2.55. The van der Waals surface area contributed by atoms with Crippen LogP contribution in [0.25, 0.3) is 0 Å². The van der Waals surface area contributed by atoms with E-state index in [1.54, 1.807) is 0 Å². The number of ether oxygens (including phenoxy) is 2. The van der Waals surface area contributed by atoms with Gasteiger partial charge in [-0.2, -0.15) is 25.6 Å². The lowest BCUT2D eigenvalue weighted by Gasteiger charge is -2.27. The van der Waals surface area contributed by atoms with Crippen molar-refractivity contribution in [3.8, 4) is 0 Å². The third-order valence-corrected chi connectivity index (χ3v) is 6.76. The second-order valence-corrected chi connectivity index (χ2v) is 8.65. The van der Waals surface area contributed by atoms with Gasteiger partial charge in [0.05, 0.1) is 6.10 Å². The van der Waals surface area contributed by atoms with Crippen molar-refractivity contribution in [2.75, 3.05) is 0 Å². The standard InChI is InChI=1S/C9H10F2O9S2/c1-8-4-2-3(19-8)5(6(8)20-21(4,13)14)18-7(12)9(10,11)22(15,16)17/h3-6H,2H2,1H3,(H,15,16,17). The maximum Gasteiger partial charge on any atom is 0.465 e. The summed E-state index contributed by atoms with van der Waals surface area (Å²) in [5, 5.41) is -6.18. The Hall–Kier alpha value is -0.890. The number of rotatable bonds is 3. The molecule has 3 fully saturated rings. The number of alkyl halides is 2. The largest absolute Gasteiger partial charge is 0.465 e. The molecule has 0 saturated carbocycles. The fourth-order valence-electron chi connectivity index (χ4n) is 3.07. The number of esters is 1. The summed E-state index contributed by atoms with van der Waals surface area (Å²) >= 11 is 0. The molecule has 0 aromatic rings. The van der Waals surface area contributed by atoms with Crippen molar-refractivity contribution < 1.29 is 48.6 Å². The molecule has 13 heteroatoms. The number of fused-ring (bicyclic) bond motifs is 1. The van der Waals surface area contributed by atoms with Crippen LogP contribution in [0.5, 0.6) is 0 Å². The Kier molecular flexibility index (Phi) is 3.01. The van der Waals surface area contributed by atoms with Crippen LogP contribution in [0.15, 0.2) is 0 Å². The second kappa shape index (κ2) is 4.14. The summed E-state index contributed by atoms with van der Waals surface area (Å²) in [4.78, 5) is 11.3. The Balaban J connectivity index is 1.87. The van der Waals surface area contributed by atoms with Gasteiger partial charge in [-0.1, -0.05) is 0 Å². The number of hydrogen-bond donors (Lipinski definition) is 1. The van der Waals surface area contributed by atoms with E-state index in [1.807, 2.05) is 0 Å². The van der Waals surface area contributed by atoms with Gasteiger partial charge in [-0.15, -0.1) is 0 Å². The molecule has 9 nitrogen and oxygen atoms in total. The monoisotopic (exact) mass is 364 g/mol. The van der Waals surface area contributed by atoms with Gasteiger partial charge in [0, 0.05) is 0 Å². The number of carbonyl (C=O) groups is 1. The molecule has 126 valence electrons. The number of halogens is 2. The molecule has 0 aromatic carbocycles. The Morgan fingerprint density at radius 1 is 1.45 bits per heavy atom. The molecule has 3 aliphatic rings. The summed E-state index contributed by atoms with van der Waals surface area (Å²) in [7, 11) is -10.0. The molecule has 3 rings (SSSR count). The summed E-state index contributed by atoms with van der Waals surface area (Å²) in [6, 6.07) is 0. The molecule has 0 aromatic heterocycles. The Labute approximate surface area is 123 Å². The smallest absolute Gasteiger partial charge is 0.451 e. The first-order chi connectivity index (χ1) is 9.81. The molecule has 0 aliphatic carbocycles. The fraction of sp³-hybridized carbons (Fsp3) is 0.889. The molecule has 22 heavy (non-hydrogen) atoms. The quantitative estimate of drug-likeness (QED) is 0.382. The fourth-order valence-corrected chi connectivity index (χ4v) is 5.24. The summed E-state index contributed by atoms with van der Waals surface area (Å²) in [5.41, 5.74) is -1.36. The topological polar surface area (TPSA) is 133 Å². The van der Waals surface area contributed by atoms with Gasteiger partial charge in [-0.05, 0) is 13.3 Å². The van der Waals surface area contributed by atoms with Crippen LogP contribution in [0.2, 0.25) is 0 Å². The van der Waals surface area contributed by atoms with Gasteiger partial charge < -0.3 is 9.47 Å². The molecule has 5 atom stereocenters. The molecular weight excluding hydrogens is 354 g/mol. The maximum atomic E-state index is 13.2. The van der Waals surface area contributed by atoms with Crippen LogP contribution in [0.4, 0.5) is 8.78 Å². The van der Waals surface area contributed by atoms with Gasteiger partial charge in [0.25, 0.3) is 10.1 Å². The molecule has 3 saturated heterocycles. The first-order valence-corrected chi connectivity index (χ1v) is 8.88. The van der Waals surface area contributed by atoms with E-state index in [1.165, 1.54) is 6.92 Å². The Morgan fingerprint density at radius 2 is 2.05 bits per heavy atom. The highest BCUT2D eigenvalue weighted by Gasteiger charge is 2.74. The van der Waals surface area contributed by atoms with Gasteiger partial charge in [0.2, 0.25) is 0 Å². The van der Waals surface area contributed by atoms with E-state index in [9.17, 15) is 30.4 Å². The highest BCUT2D eigenvalue weighted by molar-refractivity contribution is 7.88. The van der Waals surface area contributed by atoms with E-state index >= 15 is 0 Å². The van der Waals surface area contributed by atoms with Crippen molar-refractivity contribution in [1.82, 2.24) is 0 Å². The zero-order valence-electron chi connectivity index (χ0n) is 10.8. The molecule has 3 heterocycles. The highest BCUT2D eigenvalue weighted by atomic mass is 32.2. The normalized spacial score (nSPS) is 42.5. The number of carbonyl (C=O) groups excluding carboxylic acids is 1. The lowest BCUT2D eigenvalue weighted by Crippen LogP contribution is -2.50. The van der Waals surface area contributed by atoms with Crippen molar-refractivity contribution >= 4 is 26.2 Å². The minimum absolute atomic E-state index is 0.134. The number of hydrogen-bond acceptors (Lipinski definition) is 8. The van der Waals surface area contributed by atoms with E-state index in [4.69, 9.17) is 13.5 Å². The second-order valence-electron chi connectivity index (χ2n) is 5.44. The molecular formula is C9H10F2O9S2. The van der Waals surface area contributed by atoms with Gasteiger partial charge in [0.15, 0.2) is 6.10 Å². The van der Waals surface area contributed by atoms with Crippen molar-refractivity contribution in [2.45, 2.75) is 47.8 Å². The molecule has 1 N–H and O–H groups in total. The zero-order valence-corrected chi connectivity index (χ0v) is 12.4. The van der Waals surface area contributed by atoms with Crippen molar-refractivity contribution in [2.24, 2.45) is 0 Å². The van der Waals surface area contributed by atoms with Crippen LogP contribution < -0.4 is 0 Å². The van der Waals surface area contributed by atoms with Crippen molar-refractivity contribution in [3.63, 3.8) is 0 Å². The van der Waals surface area contributed by atoms with Gasteiger partial charge in [-0.3, -0.25) is 8.74 Å². The van der Waals surface area contributed by atoms with E-state index in [0.717, 1.165) is 0 Å². The Bertz CT molecular complexity index is 745. The Morgan fingerprint density at radius 3 is 2.59 bits per heavy atom. The maximum absolute atomic E-state index is 13.2. The predicted molar refractivity (Wildman–Crippen MR) is 61.9 cm³/mol. The first-order valence-electron chi connectivity index (χ1n) is 5.96. The molecule has 0 spiro atoms. The third kappa shape index (κ3) is 1.86. The summed E-state index contributed by atoms with van der Waals surface area (Å²) in [6.45, 7) is 1.38. The van der Waals surface area contributed by atoms with Crippen molar-refractivity contribution in [3.05, 3.63) is 0 Å². The molecule has 3 aliphatic heterocycles. The van der Waals surface area contributed by atoms with Crippen molar-refractivity contribution in [1.29, 1.82) is 0 Å². The van der Waals surface area contributed by atoms with Crippen LogP contribution in [0.3, 0.4) is 0 Å². The molecule has 2 bridgehead atoms. The van der Waals surface area contributed by atoms with Crippen LogP contribution in [0.1, 0.15) is 13.3 Å². The van der Waals surface area contributed by atoms with Gasteiger partial charge in [-0.25, -0.2) is 4.79 Å². The predicted octanol–water partition coefficient (Wildman–Crippen LogP) is -0.963. The SMILES string of the molecule is CC12OC3CC1S(=O)(=O)OC2C3OC(=O)C(F)(F)S(=O)(=O)O. The lowest BCUT2D eigenvalue weighted by molar-refractivity contribution is -0.172. The summed E-state index contributed by atoms with van der Waals surface area (Å²) in [6.07, 6.45) is -4.01. The van der Waals surface area contributed by atoms with Crippen LogP contribution in [0, 0.1) is 0 Å². The minimum atomic E-state index is -6.02. The van der Waals surface area contributed by atoms with Crippen LogP contribution in [-0.4, -0.2) is 61.8 Å². The molecule has 5 unspecified atom stereocenters. The average molecular weight is 364 g/mol. The van der Waals surface area contributed by atoms with E-state index in [-0.39, 0.29) is 6.42 Å². The minimum Gasteiger partial charge on any atom is -0.451 e. The summed E-state index contributed by atoms with van der Waals surface area (Å²) in [5.74, 6) is -2.52. The average Bonchev–Trinajstić information content (AvgIpc) is 2.84. The van der Waals surface area contributed by atoms with Gasteiger partial charge >= 0.3 is 21.3 Å². The summed E-state index contributed by atoms with van der Waals surface area (Å²) < 4.78 is 93.7. The molecule has 0 amide bonds. The lowest BCUT2D eigenvalue weighted by atomic mass is 9.85. The van der Waals surface area contributed by atoms with Crippen LogP contribution >= 0.6 is 0 Å². The molecule has 0 radical (unpaired) electrons. The third-order valence-electron chi connectivity index (χ3n) is 4.11. The zero-order chi connectivity index (χ0) is 16.7.